The van der Waals surface area contributed by atoms with Crippen LogP contribution in [0.5, 0.6) is 0 Å². The van der Waals surface area contributed by atoms with E-state index >= 15 is 0 Å². The predicted octanol–water partition coefficient (Wildman–Crippen LogP) is -0.469. The van der Waals surface area contributed by atoms with E-state index in [9.17, 15) is 9.59 Å². The van der Waals surface area contributed by atoms with Crippen LogP contribution in [0.15, 0.2) is 0 Å². The minimum Gasteiger partial charge on any atom is -0.480 e. The maximum Gasteiger partial charge on any atom is 0.328 e. The highest BCUT2D eigenvalue weighted by atomic mass is 16.4. The summed E-state index contributed by atoms with van der Waals surface area (Å²) in [6.07, 6.45) is 1.78. The molecule has 0 aromatic rings. The number of amides is 2. The van der Waals surface area contributed by atoms with Crippen LogP contribution in [0.25, 0.3) is 0 Å². The van der Waals surface area contributed by atoms with Crippen LogP contribution in [0.4, 0.5) is 4.79 Å². The van der Waals surface area contributed by atoms with E-state index in [0.29, 0.717) is 6.54 Å². The first-order valence-corrected chi connectivity index (χ1v) is 4.49. The van der Waals surface area contributed by atoms with Gasteiger partial charge in [0.05, 0.1) is 6.61 Å². The molecule has 4 N–H and O–H groups in total. The molecule has 0 heterocycles. The van der Waals surface area contributed by atoms with E-state index in [-0.39, 0.29) is 0 Å². The van der Waals surface area contributed by atoms with Gasteiger partial charge in [-0.3, -0.25) is 0 Å². The van der Waals surface area contributed by atoms with Crippen molar-refractivity contribution in [1.82, 2.24) is 10.6 Å². The van der Waals surface area contributed by atoms with Crippen LogP contribution >= 0.6 is 0 Å². The lowest BCUT2D eigenvalue weighted by molar-refractivity contribution is -0.140. The maximum absolute atomic E-state index is 11.0. The van der Waals surface area contributed by atoms with E-state index in [2.05, 4.69) is 10.6 Å². The van der Waals surface area contributed by atoms with Gasteiger partial charge in [0.15, 0.2) is 6.04 Å². The Labute approximate surface area is 82.3 Å². The Morgan fingerprint density at radius 1 is 1.43 bits per heavy atom. The maximum atomic E-state index is 11.0. The molecule has 0 fully saturated rings. The number of aliphatic hydroxyl groups excluding tert-OH is 1. The molecule has 0 radical (unpaired) electrons. The third-order valence-corrected chi connectivity index (χ3v) is 1.60. The van der Waals surface area contributed by atoms with Gasteiger partial charge in [0, 0.05) is 6.54 Å². The fourth-order valence-corrected chi connectivity index (χ4v) is 0.773. The van der Waals surface area contributed by atoms with Gasteiger partial charge in [-0.1, -0.05) is 13.3 Å². The first-order chi connectivity index (χ1) is 6.61. The van der Waals surface area contributed by atoms with E-state index < -0.39 is 24.6 Å². The number of carboxylic acids is 1. The van der Waals surface area contributed by atoms with Crippen LogP contribution < -0.4 is 10.6 Å². The number of hydrogen-bond donors (Lipinski definition) is 4. The average Bonchev–Trinajstić information content (AvgIpc) is 2.14. The molecule has 14 heavy (non-hydrogen) atoms. The molecule has 0 spiro atoms. The average molecular weight is 204 g/mol. The van der Waals surface area contributed by atoms with E-state index in [1.807, 2.05) is 6.92 Å². The summed E-state index contributed by atoms with van der Waals surface area (Å²) in [4.78, 5) is 21.4. The van der Waals surface area contributed by atoms with Crippen molar-refractivity contribution in [2.45, 2.75) is 25.8 Å². The van der Waals surface area contributed by atoms with Crippen molar-refractivity contribution in [3.05, 3.63) is 0 Å². The number of unbranched alkanes of at least 4 members (excludes halogenated alkanes) is 1. The molecule has 6 heteroatoms. The standard InChI is InChI=1S/C8H16N2O4/c1-2-3-4-9-8(14)10-6(5-11)7(12)13/h6,11H,2-5H2,1H3,(H,12,13)(H2,9,10,14). The third kappa shape index (κ3) is 5.36. The van der Waals surface area contributed by atoms with Gasteiger partial charge >= 0.3 is 12.0 Å². The van der Waals surface area contributed by atoms with Crippen molar-refractivity contribution in [3.63, 3.8) is 0 Å². The molecule has 82 valence electrons. The smallest absolute Gasteiger partial charge is 0.328 e. The number of carbonyl (C=O) groups excluding carboxylic acids is 1. The Kier molecular flexibility index (Phi) is 6.47. The van der Waals surface area contributed by atoms with Gasteiger partial charge in [-0.15, -0.1) is 0 Å². The molecule has 0 aromatic carbocycles. The summed E-state index contributed by atoms with van der Waals surface area (Å²) in [7, 11) is 0. The number of carboxylic acid groups (broad SMARTS) is 1. The largest absolute Gasteiger partial charge is 0.480 e. The Bertz CT molecular complexity index is 196. The number of aliphatic hydroxyl groups is 1. The Balaban J connectivity index is 3.74. The van der Waals surface area contributed by atoms with Crippen LogP contribution in [-0.2, 0) is 4.79 Å². The van der Waals surface area contributed by atoms with Gasteiger partial charge in [0.1, 0.15) is 0 Å². The molecule has 2 amide bonds. The number of rotatable bonds is 6. The molecule has 1 unspecified atom stereocenters. The Morgan fingerprint density at radius 2 is 2.07 bits per heavy atom. The van der Waals surface area contributed by atoms with E-state index in [1.54, 1.807) is 0 Å². The van der Waals surface area contributed by atoms with Crippen LogP contribution in [0.1, 0.15) is 19.8 Å². The number of carbonyl (C=O) groups is 2. The zero-order valence-electron chi connectivity index (χ0n) is 8.12. The van der Waals surface area contributed by atoms with Gasteiger partial charge in [-0.2, -0.15) is 0 Å². The second-order valence-corrected chi connectivity index (χ2v) is 2.83. The molecular formula is C8H16N2O4. The summed E-state index contributed by atoms with van der Waals surface area (Å²) in [5.74, 6) is -1.25. The monoisotopic (exact) mass is 204 g/mol. The quantitative estimate of drug-likeness (QED) is 0.439. The third-order valence-electron chi connectivity index (χ3n) is 1.60. The topological polar surface area (TPSA) is 98.7 Å². The van der Waals surface area contributed by atoms with Gasteiger partial charge in [0.2, 0.25) is 0 Å². The molecule has 0 aliphatic carbocycles. The normalized spacial score (nSPS) is 11.9. The number of nitrogens with one attached hydrogen (secondary N) is 2. The second kappa shape index (κ2) is 7.14. The van der Waals surface area contributed by atoms with Crippen molar-refractivity contribution in [2.24, 2.45) is 0 Å². The minimum absolute atomic E-state index is 0.500. The summed E-state index contributed by atoms with van der Waals surface area (Å²) in [6, 6.07) is -1.81. The van der Waals surface area contributed by atoms with Crippen LogP contribution in [-0.4, -0.2) is 41.4 Å². The molecule has 0 rings (SSSR count). The van der Waals surface area contributed by atoms with E-state index in [4.69, 9.17) is 10.2 Å². The highest BCUT2D eigenvalue weighted by Crippen LogP contribution is 1.84. The summed E-state index contributed by atoms with van der Waals surface area (Å²) < 4.78 is 0. The summed E-state index contributed by atoms with van der Waals surface area (Å²) in [5.41, 5.74) is 0. The highest BCUT2D eigenvalue weighted by molar-refractivity contribution is 5.82. The van der Waals surface area contributed by atoms with Crippen molar-refractivity contribution in [3.8, 4) is 0 Å². The Morgan fingerprint density at radius 3 is 2.50 bits per heavy atom. The fraction of sp³-hybridized carbons (Fsp3) is 0.750. The zero-order valence-corrected chi connectivity index (χ0v) is 8.12. The van der Waals surface area contributed by atoms with E-state index in [1.165, 1.54) is 0 Å². The van der Waals surface area contributed by atoms with Crippen molar-refractivity contribution in [2.75, 3.05) is 13.2 Å². The molecule has 1 atom stereocenters. The molecule has 0 aliphatic heterocycles. The molecule has 0 bridgehead atoms. The van der Waals surface area contributed by atoms with Gasteiger partial charge in [-0.05, 0) is 6.42 Å². The van der Waals surface area contributed by atoms with Crippen LogP contribution in [0.2, 0.25) is 0 Å². The van der Waals surface area contributed by atoms with Crippen molar-refractivity contribution < 1.29 is 19.8 Å². The summed E-state index contributed by atoms with van der Waals surface area (Å²) in [6.45, 7) is 1.87. The number of hydrogen-bond acceptors (Lipinski definition) is 3. The first-order valence-electron chi connectivity index (χ1n) is 4.49. The first kappa shape index (κ1) is 12.7. The van der Waals surface area contributed by atoms with E-state index in [0.717, 1.165) is 12.8 Å². The lowest BCUT2D eigenvalue weighted by Crippen LogP contribution is -2.48. The molecule has 6 nitrogen and oxygen atoms in total. The highest BCUT2D eigenvalue weighted by Gasteiger charge is 2.17. The summed E-state index contributed by atoms with van der Waals surface area (Å²) >= 11 is 0. The van der Waals surface area contributed by atoms with Gasteiger partial charge in [0.25, 0.3) is 0 Å². The SMILES string of the molecule is CCCCNC(=O)NC(CO)C(=O)O. The number of aliphatic carboxylic acids is 1. The minimum atomic E-state index is -1.25. The van der Waals surface area contributed by atoms with Gasteiger partial charge in [-0.25, -0.2) is 9.59 Å². The van der Waals surface area contributed by atoms with Crippen LogP contribution in [0, 0.1) is 0 Å². The second-order valence-electron chi connectivity index (χ2n) is 2.83. The zero-order chi connectivity index (χ0) is 11.0. The number of urea groups is 1. The van der Waals surface area contributed by atoms with Crippen LogP contribution in [0.3, 0.4) is 0 Å². The lowest BCUT2D eigenvalue weighted by Gasteiger charge is -2.12. The molecule has 0 saturated heterocycles. The summed E-state index contributed by atoms with van der Waals surface area (Å²) in [5, 5.41) is 21.7. The van der Waals surface area contributed by atoms with Crippen molar-refractivity contribution >= 4 is 12.0 Å². The lowest BCUT2D eigenvalue weighted by atomic mass is 10.3. The molecule has 0 aromatic heterocycles. The van der Waals surface area contributed by atoms with Crippen molar-refractivity contribution in [1.29, 1.82) is 0 Å². The molecule has 0 saturated carbocycles. The predicted molar refractivity (Wildman–Crippen MR) is 50.0 cm³/mol. The fourth-order valence-electron chi connectivity index (χ4n) is 0.773. The molecule has 0 aliphatic rings. The van der Waals surface area contributed by atoms with Gasteiger partial charge < -0.3 is 20.8 Å². The molecular weight excluding hydrogens is 188 g/mol. The Hall–Kier alpha value is -1.30.